The SMILES string of the molecule is CC1(C)CCCCC1.Cc1cc2[nH]c(Nc3ccc(OC(F)(F)F)cc3)nc2cc1C(=O)O. The standard InChI is InChI=1S/C16H12F3N3O3.C8H16/c1-8-6-12-13(7-11(8)14(23)24)22-15(21-12)20-9-2-4-10(5-3-9)25-16(17,18)19;1-8(2)6-4-3-5-7-8/h2-7H,1H3,(H,23,24)(H2,20,21,22);3-7H2,1-2H3. The number of hydrogen-bond donors (Lipinski definition) is 3. The molecule has 0 saturated heterocycles. The molecule has 0 spiro atoms. The van der Waals surface area contributed by atoms with Crippen molar-refractivity contribution in [3.8, 4) is 5.75 Å². The van der Waals surface area contributed by atoms with Crippen LogP contribution in [0.5, 0.6) is 5.75 Å². The van der Waals surface area contributed by atoms with Gasteiger partial charge in [0.25, 0.3) is 0 Å². The monoisotopic (exact) mass is 463 g/mol. The van der Waals surface area contributed by atoms with Gasteiger partial charge in [-0.15, -0.1) is 13.2 Å². The quantitative estimate of drug-likeness (QED) is 0.381. The van der Waals surface area contributed by atoms with Gasteiger partial charge >= 0.3 is 12.3 Å². The van der Waals surface area contributed by atoms with Gasteiger partial charge in [-0.25, -0.2) is 9.78 Å². The Balaban J connectivity index is 0.000000323. The number of alkyl halides is 3. The van der Waals surface area contributed by atoms with Gasteiger partial charge in [-0.3, -0.25) is 0 Å². The van der Waals surface area contributed by atoms with Crippen LogP contribution in [0.25, 0.3) is 11.0 Å². The van der Waals surface area contributed by atoms with E-state index in [9.17, 15) is 18.0 Å². The minimum Gasteiger partial charge on any atom is -0.478 e. The maximum Gasteiger partial charge on any atom is 0.573 e. The lowest BCUT2D eigenvalue weighted by molar-refractivity contribution is -0.274. The Morgan fingerprint density at radius 3 is 2.27 bits per heavy atom. The van der Waals surface area contributed by atoms with Gasteiger partial charge in [-0.2, -0.15) is 0 Å². The summed E-state index contributed by atoms with van der Waals surface area (Å²) in [6.07, 6.45) is 2.57. The highest BCUT2D eigenvalue weighted by atomic mass is 19.4. The molecule has 9 heteroatoms. The summed E-state index contributed by atoms with van der Waals surface area (Å²) in [5.74, 6) is -1.04. The summed E-state index contributed by atoms with van der Waals surface area (Å²) in [6.45, 7) is 6.44. The number of hydrogen-bond acceptors (Lipinski definition) is 4. The van der Waals surface area contributed by atoms with Crippen molar-refractivity contribution in [2.24, 2.45) is 5.41 Å². The number of rotatable bonds is 4. The van der Waals surface area contributed by atoms with Crippen molar-refractivity contribution >= 4 is 28.6 Å². The molecule has 6 nitrogen and oxygen atoms in total. The molecule has 1 aromatic heterocycles. The second kappa shape index (κ2) is 9.72. The van der Waals surface area contributed by atoms with E-state index >= 15 is 0 Å². The molecule has 0 amide bonds. The average molecular weight is 464 g/mol. The molecule has 0 bridgehead atoms. The smallest absolute Gasteiger partial charge is 0.478 e. The molecule has 1 fully saturated rings. The molecule has 1 aliphatic carbocycles. The zero-order valence-electron chi connectivity index (χ0n) is 18.8. The number of benzene rings is 2. The molecule has 4 rings (SSSR count). The van der Waals surface area contributed by atoms with Crippen molar-refractivity contribution < 1.29 is 27.8 Å². The summed E-state index contributed by atoms with van der Waals surface area (Å²) in [5, 5.41) is 12.0. The van der Waals surface area contributed by atoms with Gasteiger partial charge < -0.3 is 20.1 Å². The summed E-state index contributed by atoms with van der Waals surface area (Å²) in [6, 6.07) is 8.27. The van der Waals surface area contributed by atoms with Crippen molar-refractivity contribution in [1.29, 1.82) is 0 Å². The maximum absolute atomic E-state index is 12.1. The van der Waals surface area contributed by atoms with E-state index in [1.54, 1.807) is 13.0 Å². The van der Waals surface area contributed by atoms with Gasteiger partial charge in [0, 0.05) is 5.69 Å². The fourth-order valence-corrected chi connectivity index (χ4v) is 3.84. The Labute approximate surface area is 190 Å². The second-order valence-electron chi connectivity index (χ2n) is 9.00. The molecule has 33 heavy (non-hydrogen) atoms. The summed E-state index contributed by atoms with van der Waals surface area (Å²) in [7, 11) is 0. The molecule has 178 valence electrons. The van der Waals surface area contributed by atoms with E-state index in [-0.39, 0.29) is 11.3 Å². The zero-order chi connectivity index (χ0) is 24.2. The predicted octanol–water partition coefficient (Wildman–Crippen LogP) is 7.19. The Bertz CT molecular complexity index is 1100. The molecule has 0 radical (unpaired) electrons. The Kier molecular flexibility index (Phi) is 7.19. The molecule has 3 N–H and O–H groups in total. The molecule has 3 aromatic rings. The molecule has 1 heterocycles. The lowest BCUT2D eigenvalue weighted by Gasteiger charge is -2.28. The summed E-state index contributed by atoms with van der Waals surface area (Å²) in [5.41, 5.74) is 3.01. The summed E-state index contributed by atoms with van der Waals surface area (Å²) >= 11 is 0. The number of aryl methyl sites for hydroxylation is 1. The van der Waals surface area contributed by atoms with Gasteiger partial charge in [0.2, 0.25) is 5.95 Å². The van der Waals surface area contributed by atoms with E-state index in [0.717, 1.165) is 0 Å². The van der Waals surface area contributed by atoms with Crippen molar-refractivity contribution in [1.82, 2.24) is 9.97 Å². The zero-order valence-corrected chi connectivity index (χ0v) is 18.8. The van der Waals surface area contributed by atoms with Crippen LogP contribution in [0.4, 0.5) is 24.8 Å². The number of carboxylic acids is 1. The molecule has 0 aliphatic heterocycles. The minimum absolute atomic E-state index is 0.152. The number of nitrogens with one attached hydrogen (secondary N) is 2. The van der Waals surface area contributed by atoms with Gasteiger partial charge in [0.05, 0.1) is 16.6 Å². The third-order valence-corrected chi connectivity index (χ3v) is 5.62. The Hall–Kier alpha value is -3.23. The first-order valence-electron chi connectivity index (χ1n) is 10.8. The van der Waals surface area contributed by atoms with E-state index in [1.807, 2.05) is 0 Å². The number of halogens is 3. The average Bonchev–Trinajstić information content (AvgIpc) is 3.09. The molecule has 1 saturated carbocycles. The van der Waals surface area contributed by atoms with Gasteiger partial charge in [0.15, 0.2) is 0 Å². The third-order valence-electron chi connectivity index (χ3n) is 5.62. The number of aromatic carboxylic acids is 1. The first-order valence-corrected chi connectivity index (χ1v) is 10.8. The van der Waals surface area contributed by atoms with Crippen LogP contribution in [0.1, 0.15) is 61.9 Å². The fourth-order valence-electron chi connectivity index (χ4n) is 3.84. The van der Waals surface area contributed by atoms with Gasteiger partial charge in [-0.05, 0) is 67.1 Å². The predicted molar refractivity (Wildman–Crippen MR) is 121 cm³/mol. The third kappa shape index (κ3) is 7.13. The molecule has 0 unspecified atom stereocenters. The van der Waals surface area contributed by atoms with Crippen LogP contribution in [-0.4, -0.2) is 27.4 Å². The molecule has 0 atom stereocenters. The topological polar surface area (TPSA) is 87.2 Å². The molecule has 2 aromatic carbocycles. The van der Waals surface area contributed by atoms with Crippen LogP contribution in [0.3, 0.4) is 0 Å². The lowest BCUT2D eigenvalue weighted by Crippen LogP contribution is -2.16. The number of aromatic amines is 1. The van der Waals surface area contributed by atoms with E-state index in [0.29, 0.717) is 33.6 Å². The Morgan fingerprint density at radius 1 is 1.12 bits per heavy atom. The highest BCUT2D eigenvalue weighted by Gasteiger charge is 2.31. The van der Waals surface area contributed by atoms with Gasteiger partial charge in [-0.1, -0.05) is 33.1 Å². The number of H-pyrrole nitrogens is 1. The first kappa shape index (κ1) is 24.4. The first-order chi connectivity index (χ1) is 15.4. The maximum atomic E-state index is 12.1. The number of carboxylic acid groups (broad SMARTS) is 1. The van der Waals surface area contributed by atoms with Crippen LogP contribution in [0.15, 0.2) is 36.4 Å². The number of nitrogens with zero attached hydrogens (tertiary/aromatic N) is 1. The van der Waals surface area contributed by atoms with Crippen molar-refractivity contribution in [2.75, 3.05) is 5.32 Å². The normalized spacial score (nSPS) is 15.5. The number of aromatic nitrogens is 2. The van der Waals surface area contributed by atoms with Crippen molar-refractivity contribution in [3.63, 3.8) is 0 Å². The minimum atomic E-state index is -4.74. The number of anilines is 2. The number of imidazole rings is 1. The summed E-state index contributed by atoms with van der Waals surface area (Å²) in [4.78, 5) is 18.4. The van der Waals surface area contributed by atoms with Crippen LogP contribution < -0.4 is 10.1 Å². The summed E-state index contributed by atoms with van der Waals surface area (Å²) < 4.78 is 40.2. The molecular weight excluding hydrogens is 435 g/mol. The number of carbonyl (C=O) groups is 1. The van der Waals surface area contributed by atoms with Crippen LogP contribution in [0.2, 0.25) is 0 Å². The highest BCUT2D eigenvalue weighted by Crippen LogP contribution is 2.34. The molecule has 1 aliphatic rings. The molecular formula is C24H28F3N3O3. The van der Waals surface area contributed by atoms with E-state index in [1.165, 1.54) is 62.4 Å². The number of fused-ring (bicyclic) bond motifs is 1. The van der Waals surface area contributed by atoms with E-state index in [4.69, 9.17) is 5.11 Å². The van der Waals surface area contributed by atoms with Gasteiger partial charge in [0.1, 0.15) is 5.75 Å². The number of ether oxygens (including phenoxy) is 1. The lowest BCUT2D eigenvalue weighted by atomic mass is 9.78. The van der Waals surface area contributed by atoms with Crippen LogP contribution in [0, 0.1) is 12.3 Å². The van der Waals surface area contributed by atoms with Crippen molar-refractivity contribution in [3.05, 3.63) is 47.5 Å². The van der Waals surface area contributed by atoms with Crippen LogP contribution >= 0.6 is 0 Å². The largest absolute Gasteiger partial charge is 0.573 e. The second-order valence-corrected chi connectivity index (χ2v) is 9.00. The van der Waals surface area contributed by atoms with Crippen LogP contribution in [-0.2, 0) is 0 Å². The fraction of sp³-hybridized carbons (Fsp3) is 0.417. The van der Waals surface area contributed by atoms with Crippen molar-refractivity contribution in [2.45, 2.75) is 59.2 Å². The van der Waals surface area contributed by atoms with E-state index < -0.39 is 12.3 Å². The van der Waals surface area contributed by atoms with E-state index in [2.05, 4.69) is 33.9 Å². The Morgan fingerprint density at radius 2 is 1.76 bits per heavy atom. The highest BCUT2D eigenvalue weighted by molar-refractivity contribution is 5.94.